The number of hydrogen-bond acceptors (Lipinski definition) is 6. The summed E-state index contributed by atoms with van der Waals surface area (Å²) < 4.78 is 1.31. The summed E-state index contributed by atoms with van der Waals surface area (Å²) in [4.78, 5) is 47.7. The van der Waals surface area contributed by atoms with Crippen LogP contribution in [0.5, 0.6) is 5.75 Å². The average molecular weight is 348 g/mol. The number of aromatic amines is 1. The Morgan fingerprint density at radius 2 is 2.08 bits per heavy atom. The van der Waals surface area contributed by atoms with E-state index >= 15 is 0 Å². The van der Waals surface area contributed by atoms with Crippen molar-refractivity contribution in [1.29, 1.82) is 0 Å². The van der Waals surface area contributed by atoms with Crippen LogP contribution in [-0.4, -0.2) is 25.5 Å². The Morgan fingerprint density at radius 1 is 1.40 bits per heavy atom. The molecule has 0 saturated carbocycles. The smallest absolute Gasteiger partial charge is 0.328 e. The first-order valence-corrected chi connectivity index (χ1v) is 7.30. The van der Waals surface area contributed by atoms with E-state index in [1.54, 1.807) is 13.8 Å². The Kier molecular flexibility index (Phi) is 5.01. The van der Waals surface area contributed by atoms with Gasteiger partial charge in [0.25, 0.3) is 11.5 Å². The van der Waals surface area contributed by atoms with Crippen molar-refractivity contribution >= 4 is 11.6 Å². The zero-order valence-electron chi connectivity index (χ0n) is 13.5. The molecule has 10 nitrogen and oxygen atoms in total. The molecule has 0 fully saturated rings. The number of rotatable bonds is 5. The lowest BCUT2D eigenvalue weighted by Crippen LogP contribution is -2.35. The standard InChI is InChI=1S/C15H16N4O6/c1-8(2)18-7-10(14(22)17-15(18)23)6-16-13(21)9-3-4-12(20)11(5-9)19(24)25/h3-5,7-8,20H,6H2,1-2H3,(H,16,21)(H,17,22,23). The molecule has 0 unspecified atom stereocenters. The molecule has 2 aromatic rings. The maximum atomic E-state index is 12.1. The predicted molar refractivity (Wildman–Crippen MR) is 87.6 cm³/mol. The molecule has 3 N–H and O–H groups in total. The van der Waals surface area contributed by atoms with Crippen LogP contribution in [-0.2, 0) is 6.54 Å². The molecule has 0 radical (unpaired) electrons. The van der Waals surface area contributed by atoms with Crippen LogP contribution < -0.4 is 16.6 Å². The number of phenols is 1. The van der Waals surface area contributed by atoms with Crippen LogP contribution >= 0.6 is 0 Å². The number of benzene rings is 1. The van der Waals surface area contributed by atoms with E-state index in [0.717, 1.165) is 12.1 Å². The zero-order chi connectivity index (χ0) is 18.7. The van der Waals surface area contributed by atoms with Gasteiger partial charge in [-0.15, -0.1) is 0 Å². The summed E-state index contributed by atoms with van der Waals surface area (Å²) in [5.74, 6) is -1.22. The fraction of sp³-hybridized carbons (Fsp3) is 0.267. The Hall–Kier alpha value is -3.43. The van der Waals surface area contributed by atoms with Gasteiger partial charge in [0, 0.05) is 30.4 Å². The number of carbonyl (C=O) groups is 1. The van der Waals surface area contributed by atoms with Gasteiger partial charge in [0.2, 0.25) is 0 Å². The second-order valence-corrected chi connectivity index (χ2v) is 5.56. The largest absolute Gasteiger partial charge is 0.502 e. The second-order valence-electron chi connectivity index (χ2n) is 5.56. The highest BCUT2D eigenvalue weighted by Crippen LogP contribution is 2.26. The van der Waals surface area contributed by atoms with Crippen molar-refractivity contribution in [2.45, 2.75) is 26.4 Å². The third-order valence-corrected chi connectivity index (χ3v) is 3.47. The highest BCUT2D eigenvalue weighted by molar-refractivity contribution is 5.95. The fourth-order valence-electron chi connectivity index (χ4n) is 2.13. The van der Waals surface area contributed by atoms with Crippen LogP contribution in [0.2, 0.25) is 0 Å². The van der Waals surface area contributed by atoms with E-state index in [0.29, 0.717) is 0 Å². The van der Waals surface area contributed by atoms with Crippen LogP contribution in [0.1, 0.15) is 35.8 Å². The molecule has 0 bridgehead atoms. The van der Waals surface area contributed by atoms with Crippen LogP contribution in [0.25, 0.3) is 0 Å². The number of aromatic nitrogens is 2. The number of nitrogens with one attached hydrogen (secondary N) is 2. The van der Waals surface area contributed by atoms with E-state index in [2.05, 4.69) is 10.3 Å². The van der Waals surface area contributed by atoms with Crippen molar-refractivity contribution in [3.63, 3.8) is 0 Å². The molecule has 1 amide bonds. The summed E-state index contributed by atoms with van der Waals surface area (Å²) in [6.45, 7) is 3.35. The predicted octanol–water partition coefficient (Wildman–Crippen LogP) is 0.661. The number of nitrogens with zero attached hydrogens (tertiary/aromatic N) is 2. The SMILES string of the molecule is CC(C)n1cc(CNC(=O)c2ccc(O)c([N+](=O)[O-])c2)c(=O)[nH]c1=O. The Labute approximate surface area is 140 Å². The number of H-pyrrole nitrogens is 1. The van der Waals surface area contributed by atoms with Crippen molar-refractivity contribution in [3.05, 3.63) is 66.5 Å². The minimum absolute atomic E-state index is 0.0434. The maximum absolute atomic E-state index is 12.1. The van der Waals surface area contributed by atoms with Gasteiger partial charge in [-0.3, -0.25) is 29.3 Å². The highest BCUT2D eigenvalue weighted by Gasteiger charge is 2.17. The van der Waals surface area contributed by atoms with Crippen molar-refractivity contribution in [1.82, 2.24) is 14.9 Å². The molecule has 0 aliphatic rings. The quantitative estimate of drug-likeness (QED) is 0.534. The van der Waals surface area contributed by atoms with Crippen LogP contribution in [0.3, 0.4) is 0 Å². The molecule has 1 heterocycles. The van der Waals surface area contributed by atoms with Crippen LogP contribution in [0.4, 0.5) is 5.69 Å². The summed E-state index contributed by atoms with van der Waals surface area (Å²) in [5.41, 5.74) is -1.66. The van der Waals surface area contributed by atoms with Gasteiger partial charge in [0.05, 0.1) is 10.5 Å². The van der Waals surface area contributed by atoms with Crippen molar-refractivity contribution in [3.8, 4) is 5.75 Å². The average Bonchev–Trinajstić information content (AvgIpc) is 2.53. The Bertz CT molecular complexity index is 944. The van der Waals surface area contributed by atoms with E-state index in [4.69, 9.17) is 0 Å². The molecule has 1 aromatic heterocycles. The van der Waals surface area contributed by atoms with Gasteiger partial charge in [0.15, 0.2) is 5.75 Å². The molecule has 2 rings (SSSR count). The molecular formula is C15H16N4O6. The number of nitro groups is 1. The number of aromatic hydroxyl groups is 1. The van der Waals surface area contributed by atoms with E-state index in [1.165, 1.54) is 16.8 Å². The van der Waals surface area contributed by atoms with Crippen LogP contribution in [0, 0.1) is 10.1 Å². The van der Waals surface area contributed by atoms with E-state index in [-0.39, 0.29) is 23.7 Å². The van der Waals surface area contributed by atoms with Crippen molar-refractivity contribution in [2.75, 3.05) is 0 Å². The summed E-state index contributed by atoms with van der Waals surface area (Å²) in [7, 11) is 0. The van der Waals surface area contributed by atoms with Gasteiger partial charge >= 0.3 is 11.4 Å². The first-order valence-electron chi connectivity index (χ1n) is 7.30. The van der Waals surface area contributed by atoms with E-state index in [9.17, 15) is 29.6 Å². The zero-order valence-corrected chi connectivity index (χ0v) is 13.5. The number of carbonyl (C=O) groups excluding carboxylic acids is 1. The molecule has 0 aliphatic carbocycles. The van der Waals surface area contributed by atoms with Gasteiger partial charge in [-0.1, -0.05) is 0 Å². The summed E-state index contributed by atoms with van der Waals surface area (Å²) >= 11 is 0. The van der Waals surface area contributed by atoms with E-state index < -0.39 is 33.5 Å². The van der Waals surface area contributed by atoms with Crippen molar-refractivity contribution < 1.29 is 14.8 Å². The molecule has 0 atom stereocenters. The van der Waals surface area contributed by atoms with Crippen LogP contribution in [0.15, 0.2) is 34.0 Å². The molecule has 1 aromatic carbocycles. The van der Waals surface area contributed by atoms with Gasteiger partial charge < -0.3 is 10.4 Å². The molecule has 25 heavy (non-hydrogen) atoms. The first-order chi connectivity index (χ1) is 11.7. The number of hydrogen-bond donors (Lipinski definition) is 3. The van der Waals surface area contributed by atoms with Crippen molar-refractivity contribution in [2.24, 2.45) is 0 Å². The normalized spacial score (nSPS) is 10.7. The molecule has 0 saturated heterocycles. The molecule has 10 heteroatoms. The fourth-order valence-corrected chi connectivity index (χ4v) is 2.13. The second kappa shape index (κ2) is 6.99. The summed E-state index contributed by atoms with van der Waals surface area (Å²) in [5, 5.41) is 22.6. The lowest BCUT2D eigenvalue weighted by Gasteiger charge is -2.11. The first kappa shape index (κ1) is 17.9. The molecule has 0 aliphatic heterocycles. The lowest BCUT2D eigenvalue weighted by atomic mass is 10.1. The van der Waals surface area contributed by atoms with Gasteiger partial charge in [0.1, 0.15) is 0 Å². The minimum Gasteiger partial charge on any atom is -0.502 e. The highest BCUT2D eigenvalue weighted by atomic mass is 16.6. The molecule has 132 valence electrons. The third kappa shape index (κ3) is 3.91. The summed E-state index contributed by atoms with van der Waals surface area (Å²) in [6, 6.07) is 3.01. The monoisotopic (exact) mass is 348 g/mol. The number of phenolic OH excluding ortho intramolecular Hbond substituents is 1. The van der Waals surface area contributed by atoms with E-state index in [1.807, 2.05) is 0 Å². The Morgan fingerprint density at radius 3 is 2.68 bits per heavy atom. The lowest BCUT2D eigenvalue weighted by molar-refractivity contribution is -0.385. The third-order valence-electron chi connectivity index (χ3n) is 3.47. The molecular weight excluding hydrogens is 332 g/mol. The topological polar surface area (TPSA) is 147 Å². The number of amides is 1. The van der Waals surface area contributed by atoms with Gasteiger partial charge in [-0.25, -0.2) is 4.79 Å². The minimum atomic E-state index is -0.810. The molecule has 0 spiro atoms. The number of nitro benzene ring substituents is 1. The maximum Gasteiger partial charge on any atom is 0.328 e. The van der Waals surface area contributed by atoms with Gasteiger partial charge in [-0.05, 0) is 26.0 Å². The Balaban J connectivity index is 2.22. The summed E-state index contributed by atoms with van der Waals surface area (Å²) in [6.07, 6.45) is 1.35. The van der Waals surface area contributed by atoms with Gasteiger partial charge in [-0.2, -0.15) is 0 Å².